The molecular weight excluding hydrogens is 242 g/mol. The third-order valence-corrected chi connectivity index (χ3v) is 3.73. The van der Waals surface area contributed by atoms with Crippen LogP contribution in [0.2, 0.25) is 0 Å². The van der Waals surface area contributed by atoms with Crippen LogP contribution in [-0.2, 0) is 0 Å². The van der Waals surface area contributed by atoms with Gasteiger partial charge in [0.1, 0.15) is 0 Å². The van der Waals surface area contributed by atoms with E-state index in [1.807, 2.05) is 13.0 Å². The van der Waals surface area contributed by atoms with Gasteiger partial charge in [-0.1, -0.05) is 54.6 Å². The Morgan fingerprint density at radius 1 is 1.15 bits per heavy atom. The Balaban J connectivity index is 2.48. The summed E-state index contributed by atoms with van der Waals surface area (Å²) in [7, 11) is 0. The van der Waals surface area contributed by atoms with Crippen LogP contribution in [-0.4, -0.2) is 11.8 Å². The zero-order chi connectivity index (χ0) is 14.5. The maximum atomic E-state index is 4.93. The molecule has 1 aliphatic rings. The summed E-state index contributed by atoms with van der Waals surface area (Å²) in [6, 6.07) is 10.6. The molecule has 0 spiro atoms. The molecule has 0 N–H and O–H groups in total. The first kappa shape index (κ1) is 14.5. The molecule has 104 valence electrons. The lowest BCUT2D eigenvalue weighted by Crippen LogP contribution is -2.13. The predicted octanol–water partition coefficient (Wildman–Crippen LogP) is 5.11. The molecule has 0 aliphatic heterocycles. The number of hydrogen-bond acceptors (Lipinski definition) is 1. The summed E-state index contributed by atoms with van der Waals surface area (Å²) >= 11 is 0. The first-order valence-corrected chi connectivity index (χ1v) is 7.26. The van der Waals surface area contributed by atoms with Crippen LogP contribution in [0.5, 0.6) is 0 Å². The highest BCUT2D eigenvalue weighted by Gasteiger charge is 2.15. The lowest BCUT2D eigenvalue weighted by atomic mass is 9.91. The Bertz CT molecular complexity index is 573. The number of aliphatic imine (C=N–C) groups is 1. The average molecular weight is 265 g/mol. The molecule has 1 aromatic carbocycles. The van der Waals surface area contributed by atoms with Gasteiger partial charge in [0.2, 0.25) is 0 Å². The molecule has 0 saturated heterocycles. The average Bonchev–Trinajstić information content (AvgIpc) is 2.46. The monoisotopic (exact) mass is 265 g/mol. The highest BCUT2D eigenvalue weighted by molar-refractivity contribution is 6.15. The number of hydrogen-bond donors (Lipinski definition) is 0. The molecule has 1 unspecified atom stereocenters. The van der Waals surface area contributed by atoms with E-state index in [9.17, 15) is 0 Å². The molecule has 0 heterocycles. The van der Waals surface area contributed by atoms with Gasteiger partial charge >= 0.3 is 0 Å². The van der Waals surface area contributed by atoms with Crippen LogP contribution in [0, 0.1) is 0 Å². The zero-order valence-electron chi connectivity index (χ0n) is 12.7. The van der Waals surface area contributed by atoms with Gasteiger partial charge in [-0.05, 0) is 44.8 Å². The SMILES string of the molecule is C=C(C)C(C)N=C(C1=CCCC=C1C)c1ccccc1. The third-order valence-electron chi connectivity index (χ3n) is 3.73. The molecule has 0 bridgehead atoms. The van der Waals surface area contributed by atoms with Crippen LogP contribution in [0.1, 0.15) is 39.2 Å². The van der Waals surface area contributed by atoms with Crippen LogP contribution in [0.15, 0.2) is 70.8 Å². The molecular formula is C19H23N. The van der Waals surface area contributed by atoms with Crippen molar-refractivity contribution in [1.82, 2.24) is 0 Å². The van der Waals surface area contributed by atoms with Gasteiger partial charge in [0.05, 0.1) is 11.8 Å². The van der Waals surface area contributed by atoms with Crippen molar-refractivity contribution in [3.63, 3.8) is 0 Å². The normalized spacial score (nSPS) is 17.2. The topological polar surface area (TPSA) is 12.4 Å². The summed E-state index contributed by atoms with van der Waals surface area (Å²) in [4.78, 5) is 4.93. The minimum Gasteiger partial charge on any atom is -0.277 e. The zero-order valence-corrected chi connectivity index (χ0v) is 12.7. The van der Waals surface area contributed by atoms with Gasteiger partial charge < -0.3 is 0 Å². The number of rotatable bonds is 4. The van der Waals surface area contributed by atoms with Crippen LogP contribution in [0.3, 0.4) is 0 Å². The van der Waals surface area contributed by atoms with Crippen molar-refractivity contribution in [1.29, 1.82) is 0 Å². The Morgan fingerprint density at radius 3 is 2.40 bits per heavy atom. The Labute approximate surface area is 122 Å². The van der Waals surface area contributed by atoms with E-state index in [1.54, 1.807) is 0 Å². The highest BCUT2D eigenvalue weighted by atomic mass is 14.8. The first-order chi connectivity index (χ1) is 9.59. The Hall–Kier alpha value is -1.89. The van der Waals surface area contributed by atoms with Gasteiger partial charge in [0, 0.05) is 5.56 Å². The number of nitrogens with zero attached hydrogens (tertiary/aromatic N) is 1. The lowest BCUT2D eigenvalue weighted by Gasteiger charge is -2.18. The van der Waals surface area contributed by atoms with E-state index in [4.69, 9.17) is 4.99 Å². The molecule has 0 amide bonds. The Morgan fingerprint density at radius 2 is 1.80 bits per heavy atom. The van der Waals surface area contributed by atoms with Gasteiger partial charge in [-0.3, -0.25) is 4.99 Å². The van der Waals surface area contributed by atoms with E-state index >= 15 is 0 Å². The summed E-state index contributed by atoms with van der Waals surface area (Å²) in [6.45, 7) is 10.3. The first-order valence-electron chi connectivity index (χ1n) is 7.26. The fourth-order valence-electron chi connectivity index (χ4n) is 2.28. The van der Waals surface area contributed by atoms with E-state index < -0.39 is 0 Å². The van der Waals surface area contributed by atoms with Crippen LogP contribution >= 0.6 is 0 Å². The summed E-state index contributed by atoms with van der Waals surface area (Å²) in [5.74, 6) is 0. The van der Waals surface area contributed by atoms with Gasteiger partial charge in [-0.2, -0.15) is 0 Å². The van der Waals surface area contributed by atoms with E-state index in [1.165, 1.54) is 16.7 Å². The van der Waals surface area contributed by atoms with Crippen molar-refractivity contribution < 1.29 is 0 Å². The van der Waals surface area contributed by atoms with Crippen molar-refractivity contribution in [2.24, 2.45) is 4.99 Å². The number of benzene rings is 1. The quantitative estimate of drug-likeness (QED) is 0.530. The van der Waals surface area contributed by atoms with E-state index in [2.05, 4.69) is 56.8 Å². The van der Waals surface area contributed by atoms with E-state index in [-0.39, 0.29) is 6.04 Å². The maximum Gasteiger partial charge on any atom is 0.0725 e. The molecule has 0 aromatic heterocycles. The highest BCUT2D eigenvalue weighted by Crippen LogP contribution is 2.24. The standard InChI is InChI=1S/C19H23N/c1-14(2)16(4)20-19(17-11-6-5-7-12-17)18-13-9-8-10-15(18)3/h5-7,10-13,16H,1,8-9H2,2-4H3. The molecule has 1 aromatic rings. The van der Waals surface area contributed by atoms with Gasteiger partial charge in [0.15, 0.2) is 0 Å². The molecule has 1 nitrogen and oxygen atoms in total. The van der Waals surface area contributed by atoms with Crippen molar-refractivity contribution in [3.05, 3.63) is 71.3 Å². The fourth-order valence-corrected chi connectivity index (χ4v) is 2.28. The van der Waals surface area contributed by atoms with Crippen molar-refractivity contribution in [2.45, 2.75) is 39.7 Å². The van der Waals surface area contributed by atoms with Gasteiger partial charge in [-0.15, -0.1) is 0 Å². The fraction of sp³-hybridized carbons (Fsp3) is 0.316. The molecule has 1 atom stereocenters. The molecule has 20 heavy (non-hydrogen) atoms. The second-order valence-electron chi connectivity index (χ2n) is 5.45. The molecule has 2 rings (SSSR count). The minimum absolute atomic E-state index is 0.140. The second kappa shape index (κ2) is 6.51. The smallest absolute Gasteiger partial charge is 0.0725 e. The van der Waals surface area contributed by atoms with Crippen LogP contribution < -0.4 is 0 Å². The van der Waals surface area contributed by atoms with Crippen molar-refractivity contribution >= 4 is 5.71 Å². The Kier molecular flexibility index (Phi) is 4.73. The largest absolute Gasteiger partial charge is 0.277 e. The molecule has 1 heteroatoms. The van der Waals surface area contributed by atoms with Gasteiger partial charge in [-0.25, -0.2) is 0 Å². The molecule has 0 radical (unpaired) electrons. The molecule has 0 fully saturated rings. The molecule has 1 aliphatic carbocycles. The summed E-state index contributed by atoms with van der Waals surface area (Å²) in [6.07, 6.45) is 6.85. The van der Waals surface area contributed by atoms with Crippen LogP contribution in [0.4, 0.5) is 0 Å². The maximum absolute atomic E-state index is 4.93. The minimum atomic E-state index is 0.140. The van der Waals surface area contributed by atoms with E-state index in [0.717, 1.165) is 24.1 Å². The summed E-state index contributed by atoms with van der Waals surface area (Å²) < 4.78 is 0. The van der Waals surface area contributed by atoms with Gasteiger partial charge in [0.25, 0.3) is 0 Å². The summed E-state index contributed by atoms with van der Waals surface area (Å²) in [5, 5.41) is 0. The second-order valence-corrected chi connectivity index (χ2v) is 5.45. The molecule has 0 saturated carbocycles. The van der Waals surface area contributed by atoms with E-state index in [0.29, 0.717) is 0 Å². The van der Waals surface area contributed by atoms with Crippen LogP contribution in [0.25, 0.3) is 0 Å². The van der Waals surface area contributed by atoms with Crippen molar-refractivity contribution in [3.8, 4) is 0 Å². The van der Waals surface area contributed by atoms with Crippen molar-refractivity contribution in [2.75, 3.05) is 0 Å². The number of allylic oxidation sites excluding steroid dienone is 4. The summed E-state index contributed by atoms with van der Waals surface area (Å²) in [5.41, 5.74) is 5.97. The lowest BCUT2D eigenvalue weighted by molar-refractivity contribution is 0.865. The third kappa shape index (κ3) is 3.36. The predicted molar refractivity (Wildman–Crippen MR) is 88.3 cm³/mol.